The van der Waals surface area contributed by atoms with Crippen molar-refractivity contribution < 1.29 is 9.09 Å². The molecule has 0 aromatic rings. The van der Waals surface area contributed by atoms with Crippen LogP contribution in [0.4, 0.5) is 0 Å². The minimum absolute atomic E-state index is 0.688. The van der Waals surface area contributed by atoms with Crippen molar-refractivity contribution in [1.29, 1.82) is 0 Å². The Labute approximate surface area is 159 Å². The Hall–Kier alpha value is 0.0600. The van der Waals surface area contributed by atoms with Gasteiger partial charge in [-0.05, 0) is 23.8 Å². The molecule has 0 saturated heterocycles. The molecule has 25 heavy (non-hydrogen) atoms. The van der Waals surface area contributed by atoms with Gasteiger partial charge in [-0.2, -0.15) is 0 Å². The molecule has 1 unspecified atom stereocenters. The largest absolute Gasteiger partial charge is 0.508 e. The second-order valence-corrected chi connectivity index (χ2v) is 8.92. The molecule has 1 atom stereocenters. The summed E-state index contributed by atoms with van der Waals surface area (Å²) in [6.07, 6.45) is 24.7. The summed E-state index contributed by atoms with van der Waals surface area (Å²) < 4.78 is 17.1. The smallest absolute Gasteiger partial charge is 0.146 e. The SMILES string of the molecule is CCCCCCCCCCCCCCCC[P+](=O)OCCCCCC. The lowest BCUT2D eigenvalue weighted by molar-refractivity contribution is 0.316. The Bertz CT molecular complexity index is 269. The first-order valence-corrected chi connectivity index (χ1v) is 12.7. The number of unbranched alkanes of at least 4 members (excludes halogenated alkanes) is 16. The van der Waals surface area contributed by atoms with Gasteiger partial charge in [-0.1, -0.05) is 110 Å². The summed E-state index contributed by atoms with van der Waals surface area (Å²) >= 11 is 0. The summed E-state index contributed by atoms with van der Waals surface area (Å²) in [5.41, 5.74) is 0. The van der Waals surface area contributed by atoms with E-state index in [4.69, 9.17) is 4.52 Å². The van der Waals surface area contributed by atoms with Crippen LogP contribution in [-0.2, 0) is 9.09 Å². The van der Waals surface area contributed by atoms with Crippen LogP contribution in [0.3, 0.4) is 0 Å². The topological polar surface area (TPSA) is 26.3 Å². The van der Waals surface area contributed by atoms with Gasteiger partial charge < -0.3 is 0 Å². The maximum Gasteiger partial charge on any atom is 0.508 e. The van der Waals surface area contributed by atoms with Crippen LogP contribution in [0.15, 0.2) is 0 Å². The van der Waals surface area contributed by atoms with E-state index in [1.165, 1.54) is 103 Å². The molecular formula is C22H46O2P+. The van der Waals surface area contributed by atoms with Crippen molar-refractivity contribution in [1.82, 2.24) is 0 Å². The minimum atomic E-state index is -1.39. The van der Waals surface area contributed by atoms with Gasteiger partial charge >= 0.3 is 8.03 Å². The zero-order valence-corrected chi connectivity index (χ0v) is 18.3. The van der Waals surface area contributed by atoms with Crippen molar-refractivity contribution >= 4 is 8.03 Å². The third-order valence-corrected chi connectivity index (χ3v) is 6.08. The maximum atomic E-state index is 11.7. The van der Waals surface area contributed by atoms with Crippen molar-refractivity contribution in [2.24, 2.45) is 0 Å². The molecule has 0 aliphatic rings. The molecule has 0 heterocycles. The van der Waals surface area contributed by atoms with Gasteiger partial charge in [-0.15, -0.1) is 4.52 Å². The van der Waals surface area contributed by atoms with Crippen LogP contribution in [0, 0.1) is 0 Å². The first kappa shape index (κ1) is 25.1. The average Bonchev–Trinajstić information content (AvgIpc) is 2.62. The van der Waals surface area contributed by atoms with E-state index in [1.807, 2.05) is 0 Å². The highest BCUT2D eigenvalue weighted by Gasteiger charge is 2.15. The lowest BCUT2D eigenvalue weighted by Gasteiger charge is -2.02. The van der Waals surface area contributed by atoms with Gasteiger partial charge in [0.25, 0.3) is 0 Å². The Morgan fingerprint density at radius 3 is 1.32 bits per heavy atom. The first-order valence-electron chi connectivity index (χ1n) is 11.4. The van der Waals surface area contributed by atoms with E-state index in [9.17, 15) is 4.57 Å². The van der Waals surface area contributed by atoms with Crippen molar-refractivity contribution in [2.45, 2.75) is 129 Å². The molecule has 0 amide bonds. The standard InChI is InChI=1S/C22H46O2P/c1-3-5-7-9-10-11-12-13-14-15-16-17-18-20-22-25(23)24-21-19-8-6-4-2/h3-22H2,1-2H3/q+1. The fourth-order valence-electron chi connectivity index (χ4n) is 3.20. The van der Waals surface area contributed by atoms with Crippen molar-refractivity contribution in [3.8, 4) is 0 Å². The zero-order valence-electron chi connectivity index (χ0n) is 17.4. The molecule has 0 aliphatic carbocycles. The molecule has 0 radical (unpaired) electrons. The molecule has 0 rings (SSSR count). The fraction of sp³-hybridized carbons (Fsp3) is 1.00. The summed E-state index contributed by atoms with van der Waals surface area (Å²) in [7, 11) is -1.39. The second-order valence-electron chi connectivity index (χ2n) is 7.55. The number of rotatable bonds is 21. The fourth-order valence-corrected chi connectivity index (χ4v) is 4.14. The van der Waals surface area contributed by atoms with Gasteiger partial charge in [0.15, 0.2) is 6.16 Å². The average molecular weight is 374 g/mol. The highest BCUT2D eigenvalue weighted by Crippen LogP contribution is 2.25. The molecule has 0 aliphatic heterocycles. The number of hydrogen-bond acceptors (Lipinski definition) is 2. The Kier molecular flexibility index (Phi) is 22.2. The molecule has 0 spiro atoms. The highest BCUT2D eigenvalue weighted by molar-refractivity contribution is 7.39. The van der Waals surface area contributed by atoms with Crippen molar-refractivity contribution in [3.05, 3.63) is 0 Å². The van der Waals surface area contributed by atoms with E-state index in [-0.39, 0.29) is 0 Å². The Morgan fingerprint density at radius 1 is 0.520 bits per heavy atom. The van der Waals surface area contributed by atoms with Crippen LogP contribution in [0.25, 0.3) is 0 Å². The summed E-state index contributed by atoms with van der Waals surface area (Å²) in [4.78, 5) is 0. The van der Waals surface area contributed by atoms with E-state index in [1.54, 1.807) is 0 Å². The molecule has 0 saturated carbocycles. The van der Waals surface area contributed by atoms with E-state index >= 15 is 0 Å². The van der Waals surface area contributed by atoms with Gasteiger partial charge in [0.1, 0.15) is 6.61 Å². The van der Waals surface area contributed by atoms with Crippen LogP contribution < -0.4 is 0 Å². The Morgan fingerprint density at radius 2 is 0.880 bits per heavy atom. The highest BCUT2D eigenvalue weighted by atomic mass is 31.1. The van der Waals surface area contributed by atoms with E-state index in [2.05, 4.69) is 13.8 Å². The summed E-state index contributed by atoms with van der Waals surface area (Å²) in [6, 6.07) is 0. The van der Waals surface area contributed by atoms with E-state index < -0.39 is 8.03 Å². The van der Waals surface area contributed by atoms with Crippen molar-refractivity contribution in [2.75, 3.05) is 12.8 Å². The minimum Gasteiger partial charge on any atom is -0.146 e. The normalized spacial score (nSPS) is 11.8. The van der Waals surface area contributed by atoms with Gasteiger partial charge in [0, 0.05) is 0 Å². The molecule has 0 aromatic carbocycles. The third-order valence-electron chi connectivity index (χ3n) is 4.93. The molecule has 2 nitrogen and oxygen atoms in total. The van der Waals surface area contributed by atoms with Crippen LogP contribution in [0.5, 0.6) is 0 Å². The zero-order chi connectivity index (χ0) is 18.4. The predicted molar refractivity (Wildman–Crippen MR) is 113 cm³/mol. The molecule has 0 fully saturated rings. The molecule has 3 heteroatoms. The third kappa shape index (κ3) is 22.0. The van der Waals surface area contributed by atoms with Gasteiger partial charge in [-0.25, -0.2) is 0 Å². The van der Waals surface area contributed by atoms with Gasteiger partial charge in [0.2, 0.25) is 0 Å². The van der Waals surface area contributed by atoms with Crippen molar-refractivity contribution in [3.63, 3.8) is 0 Å². The summed E-state index contributed by atoms with van der Waals surface area (Å²) in [6.45, 7) is 5.17. The summed E-state index contributed by atoms with van der Waals surface area (Å²) in [5.74, 6) is 0. The maximum absolute atomic E-state index is 11.7. The number of hydrogen-bond donors (Lipinski definition) is 0. The molecule has 0 bridgehead atoms. The van der Waals surface area contributed by atoms with Gasteiger partial charge in [0.05, 0.1) is 0 Å². The molecule has 0 aromatic heterocycles. The van der Waals surface area contributed by atoms with E-state index in [0.29, 0.717) is 6.61 Å². The lowest BCUT2D eigenvalue weighted by Crippen LogP contribution is -1.90. The van der Waals surface area contributed by atoms with E-state index in [0.717, 1.165) is 19.0 Å². The predicted octanol–water partition coefficient (Wildman–Crippen LogP) is 8.81. The van der Waals surface area contributed by atoms with Gasteiger partial charge in [-0.3, -0.25) is 0 Å². The first-order chi connectivity index (χ1) is 12.3. The lowest BCUT2D eigenvalue weighted by atomic mass is 10.0. The van der Waals surface area contributed by atoms with Crippen LogP contribution >= 0.6 is 8.03 Å². The van der Waals surface area contributed by atoms with Crippen LogP contribution in [0.1, 0.15) is 129 Å². The molecule has 150 valence electrons. The molecule has 0 N–H and O–H groups in total. The van der Waals surface area contributed by atoms with Crippen LogP contribution in [0.2, 0.25) is 0 Å². The molecular weight excluding hydrogens is 327 g/mol. The Balaban J connectivity index is 3.09. The quantitative estimate of drug-likeness (QED) is 0.148. The van der Waals surface area contributed by atoms with Crippen LogP contribution in [-0.4, -0.2) is 12.8 Å². The monoisotopic (exact) mass is 373 g/mol. The second kappa shape index (κ2) is 22.1. The summed E-state index contributed by atoms with van der Waals surface area (Å²) in [5, 5.41) is 0.